The standard InChI is InChI=1S/C12H19NO3/c1-4-5-6-7-9(2)11(14)16-12(15)10(3)8-13/h7H,3-6,8,13H2,1-2H3. The van der Waals surface area contributed by atoms with E-state index >= 15 is 0 Å². The van der Waals surface area contributed by atoms with Crippen LogP contribution in [0.2, 0.25) is 0 Å². The van der Waals surface area contributed by atoms with Crippen LogP contribution in [0.4, 0.5) is 0 Å². The first-order chi connectivity index (χ1) is 7.52. The van der Waals surface area contributed by atoms with Gasteiger partial charge in [-0.05, 0) is 13.3 Å². The first-order valence-electron chi connectivity index (χ1n) is 5.34. The van der Waals surface area contributed by atoms with E-state index in [1.54, 1.807) is 13.0 Å². The van der Waals surface area contributed by atoms with Gasteiger partial charge in [0.1, 0.15) is 0 Å². The molecule has 0 spiro atoms. The third kappa shape index (κ3) is 5.46. The van der Waals surface area contributed by atoms with Gasteiger partial charge in [-0.15, -0.1) is 0 Å². The lowest BCUT2D eigenvalue weighted by Gasteiger charge is -2.03. The number of carbonyl (C=O) groups excluding carboxylic acids is 2. The van der Waals surface area contributed by atoms with E-state index in [4.69, 9.17) is 5.73 Å². The lowest BCUT2D eigenvalue weighted by Crippen LogP contribution is -2.19. The molecule has 0 atom stereocenters. The number of hydrogen-bond acceptors (Lipinski definition) is 4. The number of nitrogens with two attached hydrogens (primary N) is 1. The van der Waals surface area contributed by atoms with Crippen LogP contribution in [-0.4, -0.2) is 18.5 Å². The Hall–Kier alpha value is -1.42. The summed E-state index contributed by atoms with van der Waals surface area (Å²) < 4.78 is 4.57. The second-order valence-electron chi connectivity index (χ2n) is 3.51. The molecule has 0 aliphatic rings. The normalized spacial score (nSPS) is 11.1. The van der Waals surface area contributed by atoms with Gasteiger partial charge in [-0.25, -0.2) is 9.59 Å². The molecule has 0 amide bonds. The van der Waals surface area contributed by atoms with Gasteiger partial charge in [-0.3, -0.25) is 0 Å². The molecular formula is C12H19NO3. The maximum atomic E-state index is 11.4. The largest absolute Gasteiger partial charge is 0.386 e. The first-order valence-corrected chi connectivity index (χ1v) is 5.34. The van der Waals surface area contributed by atoms with Crippen molar-refractivity contribution in [3.8, 4) is 0 Å². The summed E-state index contributed by atoms with van der Waals surface area (Å²) in [6.07, 6.45) is 4.64. The molecule has 0 aromatic carbocycles. The van der Waals surface area contributed by atoms with Crippen molar-refractivity contribution in [2.45, 2.75) is 33.1 Å². The molecule has 4 heteroatoms. The molecule has 0 aliphatic carbocycles. The van der Waals surface area contributed by atoms with E-state index in [-0.39, 0.29) is 12.1 Å². The minimum absolute atomic E-state index is 0.00922. The first kappa shape index (κ1) is 14.6. The van der Waals surface area contributed by atoms with Crippen molar-refractivity contribution in [3.63, 3.8) is 0 Å². The van der Waals surface area contributed by atoms with E-state index in [0.29, 0.717) is 5.57 Å². The van der Waals surface area contributed by atoms with Crippen LogP contribution in [0.5, 0.6) is 0 Å². The van der Waals surface area contributed by atoms with Crippen LogP contribution in [0.3, 0.4) is 0 Å². The van der Waals surface area contributed by atoms with Crippen LogP contribution in [0.25, 0.3) is 0 Å². The predicted octanol–water partition coefficient (Wildman–Crippen LogP) is 1.71. The Labute approximate surface area is 96.2 Å². The molecule has 90 valence electrons. The maximum absolute atomic E-state index is 11.4. The molecule has 0 saturated heterocycles. The molecule has 0 bridgehead atoms. The summed E-state index contributed by atoms with van der Waals surface area (Å²) >= 11 is 0. The molecule has 0 aromatic heterocycles. The summed E-state index contributed by atoms with van der Waals surface area (Å²) in [4.78, 5) is 22.5. The van der Waals surface area contributed by atoms with Crippen molar-refractivity contribution < 1.29 is 14.3 Å². The number of rotatable bonds is 6. The van der Waals surface area contributed by atoms with E-state index in [2.05, 4.69) is 18.2 Å². The summed E-state index contributed by atoms with van der Waals surface area (Å²) in [5.41, 5.74) is 5.73. The van der Waals surface area contributed by atoms with Gasteiger partial charge >= 0.3 is 11.9 Å². The van der Waals surface area contributed by atoms with Crippen LogP contribution < -0.4 is 5.73 Å². The van der Waals surface area contributed by atoms with Gasteiger partial charge in [0.15, 0.2) is 0 Å². The highest BCUT2D eigenvalue weighted by Gasteiger charge is 2.13. The average Bonchev–Trinajstić information content (AvgIpc) is 2.27. The maximum Gasteiger partial charge on any atom is 0.342 e. The van der Waals surface area contributed by atoms with Crippen molar-refractivity contribution in [1.82, 2.24) is 0 Å². The second kappa shape index (κ2) is 7.82. The Kier molecular flexibility index (Phi) is 7.12. The SMILES string of the molecule is C=C(CN)C(=O)OC(=O)C(C)=CCCCC. The number of hydrogen-bond donors (Lipinski definition) is 1. The lowest BCUT2D eigenvalue weighted by atomic mass is 10.2. The highest BCUT2D eigenvalue weighted by Crippen LogP contribution is 2.04. The molecule has 16 heavy (non-hydrogen) atoms. The average molecular weight is 225 g/mol. The van der Waals surface area contributed by atoms with E-state index in [1.807, 2.05) is 0 Å². The molecule has 2 N–H and O–H groups in total. The van der Waals surface area contributed by atoms with Gasteiger partial charge in [-0.1, -0.05) is 32.4 Å². The minimum atomic E-state index is -0.754. The number of unbranched alkanes of at least 4 members (excludes halogenated alkanes) is 2. The fourth-order valence-electron chi connectivity index (χ4n) is 0.926. The van der Waals surface area contributed by atoms with E-state index in [0.717, 1.165) is 19.3 Å². The third-order valence-electron chi connectivity index (χ3n) is 2.05. The Morgan fingerprint density at radius 2 is 2.00 bits per heavy atom. The highest BCUT2D eigenvalue weighted by molar-refractivity contribution is 6.01. The zero-order chi connectivity index (χ0) is 12.6. The second-order valence-corrected chi connectivity index (χ2v) is 3.51. The summed E-state index contributed by atoms with van der Waals surface area (Å²) in [6, 6.07) is 0. The van der Waals surface area contributed by atoms with Crippen molar-refractivity contribution in [1.29, 1.82) is 0 Å². The monoisotopic (exact) mass is 225 g/mol. The van der Waals surface area contributed by atoms with Crippen molar-refractivity contribution in [2.24, 2.45) is 5.73 Å². The van der Waals surface area contributed by atoms with Gasteiger partial charge in [-0.2, -0.15) is 0 Å². The van der Waals surface area contributed by atoms with Crippen LogP contribution in [-0.2, 0) is 14.3 Å². The Bertz CT molecular complexity index is 305. The smallest absolute Gasteiger partial charge is 0.342 e. The lowest BCUT2D eigenvalue weighted by molar-refractivity contribution is -0.153. The quantitative estimate of drug-likeness (QED) is 0.323. The third-order valence-corrected chi connectivity index (χ3v) is 2.05. The van der Waals surface area contributed by atoms with Crippen molar-refractivity contribution >= 4 is 11.9 Å². The van der Waals surface area contributed by atoms with Gasteiger partial charge in [0.05, 0.1) is 0 Å². The minimum Gasteiger partial charge on any atom is -0.386 e. The molecule has 0 fully saturated rings. The molecule has 0 radical (unpaired) electrons. The van der Waals surface area contributed by atoms with E-state index in [1.165, 1.54) is 0 Å². The van der Waals surface area contributed by atoms with E-state index in [9.17, 15) is 9.59 Å². The Balaban J connectivity index is 4.20. The summed E-state index contributed by atoms with van der Waals surface area (Å²) in [5, 5.41) is 0. The van der Waals surface area contributed by atoms with Crippen molar-refractivity contribution in [3.05, 3.63) is 23.8 Å². The molecular weight excluding hydrogens is 206 g/mol. The fraction of sp³-hybridized carbons (Fsp3) is 0.500. The predicted molar refractivity (Wildman–Crippen MR) is 62.6 cm³/mol. The molecule has 0 saturated carbocycles. The van der Waals surface area contributed by atoms with Crippen LogP contribution in [0, 0.1) is 0 Å². The fourth-order valence-corrected chi connectivity index (χ4v) is 0.926. The Morgan fingerprint density at radius 3 is 2.50 bits per heavy atom. The molecule has 0 unspecified atom stereocenters. The molecule has 0 rings (SSSR count). The van der Waals surface area contributed by atoms with Crippen molar-refractivity contribution in [2.75, 3.05) is 6.54 Å². The van der Waals surface area contributed by atoms with Gasteiger partial charge < -0.3 is 10.5 Å². The van der Waals surface area contributed by atoms with Gasteiger partial charge in [0.25, 0.3) is 0 Å². The molecule has 0 aliphatic heterocycles. The number of carbonyl (C=O) groups is 2. The summed E-state index contributed by atoms with van der Waals surface area (Å²) in [7, 11) is 0. The zero-order valence-electron chi connectivity index (χ0n) is 9.91. The number of ether oxygens (including phenoxy) is 1. The van der Waals surface area contributed by atoms with Crippen LogP contribution in [0.15, 0.2) is 23.8 Å². The Morgan fingerprint density at radius 1 is 1.38 bits per heavy atom. The topological polar surface area (TPSA) is 69.4 Å². The molecule has 0 aromatic rings. The molecule has 0 heterocycles. The van der Waals surface area contributed by atoms with E-state index < -0.39 is 11.9 Å². The highest BCUT2D eigenvalue weighted by atomic mass is 16.6. The van der Waals surface area contributed by atoms with Gasteiger partial charge in [0.2, 0.25) is 0 Å². The summed E-state index contributed by atoms with van der Waals surface area (Å²) in [6.45, 7) is 7.07. The molecule has 4 nitrogen and oxygen atoms in total. The number of esters is 2. The van der Waals surface area contributed by atoms with Crippen LogP contribution >= 0.6 is 0 Å². The summed E-state index contributed by atoms with van der Waals surface area (Å²) in [5.74, 6) is -1.38. The zero-order valence-corrected chi connectivity index (χ0v) is 9.91. The number of allylic oxidation sites excluding steroid dienone is 1. The van der Waals surface area contributed by atoms with Crippen LogP contribution in [0.1, 0.15) is 33.1 Å². The van der Waals surface area contributed by atoms with Gasteiger partial charge in [0, 0.05) is 17.7 Å².